The molecule has 0 aliphatic rings. The van der Waals surface area contributed by atoms with Crippen molar-refractivity contribution in [1.82, 2.24) is 15.5 Å². The molecule has 0 aliphatic heterocycles. The van der Waals surface area contributed by atoms with E-state index in [1.807, 2.05) is 34.6 Å². The van der Waals surface area contributed by atoms with Crippen LogP contribution in [0.5, 0.6) is 5.75 Å². The molecule has 1 aromatic carbocycles. The van der Waals surface area contributed by atoms with Crippen LogP contribution in [0.4, 0.5) is 4.79 Å². The first kappa shape index (κ1) is 29.3. The van der Waals surface area contributed by atoms with Crippen molar-refractivity contribution in [1.29, 1.82) is 0 Å². The van der Waals surface area contributed by atoms with E-state index < -0.39 is 35.2 Å². The van der Waals surface area contributed by atoms with Gasteiger partial charge in [0.1, 0.15) is 23.4 Å². The number of aromatic hydroxyl groups is 1. The Morgan fingerprint density at radius 3 is 2.12 bits per heavy atom. The first-order valence-corrected chi connectivity index (χ1v) is 11.9. The van der Waals surface area contributed by atoms with E-state index in [0.717, 1.165) is 12.8 Å². The summed E-state index contributed by atoms with van der Waals surface area (Å²) in [6, 6.07) is 2.91. The van der Waals surface area contributed by atoms with Gasteiger partial charge in [0.15, 0.2) is 0 Å². The Morgan fingerprint density at radius 2 is 1.65 bits per heavy atom. The maximum Gasteiger partial charge on any atom is 0.408 e. The van der Waals surface area contributed by atoms with Crippen molar-refractivity contribution in [2.24, 2.45) is 0 Å². The number of alkyl carbamates (subject to hydrolysis) is 1. The topological polar surface area (TPSA) is 108 Å². The molecule has 1 rings (SSSR count). The van der Waals surface area contributed by atoms with E-state index in [9.17, 15) is 19.5 Å². The molecule has 8 heteroatoms. The molecule has 0 spiro atoms. The number of carbonyl (C=O) groups is 3. The minimum atomic E-state index is -0.964. The zero-order valence-corrected chi connectivity index (χ0v) is 22.4. The van der Waals surface area contributed by atoms with Gasteiger partial charge in [-0.2, -0.15) is 0 Å². The smallest absolute Gasteiger partial charge is 0.408 e. The number of benzene rings is 1. The molecule has 0 heterocycles. The van der Waals surface area contributed by atoms with E-state index in [1.165, 1.54) is 11.0 Å². The van der Waals surface area contributed by atoms with Gasteiger partial charge in [-0.1, -0.05) is 19.4 Å². The number of aryl methyl sites for hydroxylation is 1. The second-order valence-electron chi connectivity index (χ2n) is 10.9. The van der Waals surface area contributed by atoms with Crippen molar-refractivity contribution in [3.05, 3.63) is 29.3 Å². The molecule has 34 heavy (non-hydrogen) atoms. The Balaban J connectivity index is 3.45. The second kappa shape index (κ2) is 11.6. The Hall–Kier alpha value is -2.77. The molecule has 0 radical (unpaired) electrons. The summed E-state index contributed by atoms with van der Waals surface area (Å²) in [5, 5.41) is 15.6. The van der Waals surface area contributed by atoms with Crippen LogP contribution in [-0.4, -0.2) is 51.1 Å². The molecule has 0 aromatic heterocycles. The lowest BCUT2D eigenvalue weighted by Crippen LogP contribution is -2.58. The van der Waals surface area contributed by atoms with Gasteiger partial charge < -0.3 is 25.4 Å². The summed E-state index contributed by atoms with van der Waals surface area (Å²) in [7, 11) is 0. The Bertz CT molecular complexity index is 870. The van der Waals surface area contributed by atoms with Crippen molar-refractivity contribution in [2.75, 3.05) is 0 Å². The predicted molar refractivity (Wildman–Crippen MR) is 134 cm³/mol. The molecule has 0 saturated carbocycles. The summed E-state index contributed by atoms with van der Waals surface area (Å²) in [6.07, 6.45) is 0.997. The fraction of sp³-hybridized carbons (Fsp3) is 0.654. The quantitative estimate of drug-likeness (QED) is 0.508. The standard InChI is InChI=1S/C26H43N3O5/c1-11-12-17(3)27-22(31)21(19-13-14-20(30)16(2)15-19)29(25(5,6)7)23(32)18(4)28-24(33)34-26(8,9)10/h13-15,17-18,21,30H,11-12H2,1-10H3,(H,27,31)(H,28,33). The largest absolute Gasteiger partial charge is 0.508 e. The zero-order chi connectivity index (χ0) is 26.4. The maximum absolute atomic E-state index is 13.7. The molecule has 0 saturated heterocycles. The van der Waals surface area contributed by atoms with Crippen LogP contribution in [0.15, 0.2) is 18.2 Å². The number of carbonyl (C=O) groups excluding carboxylic acids is 3. The molecule has 192 valence electrons. The molecule has 3 amide bonds. The van der Waals surface area contributed by atoms with Crippen LogP contribution in [0.1, 0.15) is 92.3 Å². The van der Waals surface area contributed by atoms with Crippen LogP contribution < -0.4 is 10.6 Å². The summed E-state index contributed by atoms with van der Waals surface area (Å²) >= 11 is 0. The molecular formula is C26H43N3O5. The number of nitrogens with one attached hydrogen (secondary N) is 2. The van der Waals surface area contributed by atoms with Crippen LogP contribution in [0.25, 0.3) is 0 Å². The molecule has 0 fully saturated rings. The highest BCUT2D eigenvalue weighted by Crippen LogP contribution is 2.32. The average Bonchev–Trinajstić information content (AvgIpc) is 2.65. The van der Waals surface area contributed by atoms with Crippen LogP contribution in [0.2, 0.25) is 0 Å². The van der Waals surface area contributed by atoms with E-state index in [2.05, 4.69) is 10.6 Å². The van der Waals surface area contributed by atoms with Gasteiger partial charge in [0.2, 0.25) is 11.8 Å². The minimum Gasteiger partial charge on any atom is -0.508 e. The Labute approximate surface area is 204 Å². The molecule has 0 aliphatic carbocycles. The van der Waals surface area contributed by atoms with E-state index in [0.29, 0.717) is 11.1 Å². The number of rotatable bonds is 8. The van der Waals surface area contributed by atoms with Crippen molar-refractivity contribution >= 4 is 17.9 Å². The zero-order valence-electron chi connectivity index (χ0n) is 22.4. The number of hydrogen-bond donors (Lipinski definition) is 3. The third kappa shape index (κ3) is 8.54. The minimum absolute atomic E-state index is 0.0764. The van der Waals surface area contributed by atoms with Gasteiger partial charge in [-0.15, -0.1) is 0 Å². The fourth-order valence-corrected chi connectivity index (χ4v) is 3.69. The Kier molecular flexibility index (Phi) is 9.97. The normalized spacial score (nSPS) is 14.5. The van der Waals surface area contributed by atoms with Crippen LogP contribution in [-0.2, 0) is 14.3 Å². The summed E-state index contributed by atoms with van der Waals surface area (Å²) in [5.74, 6) is -0.637. The van der Waals surface area contributed by atoms with Crippen molar-refractivity contribution in [2.45, 2.75) is 111 Å². The lowest BCUT2D eigenvalue weighted by atomic mass is 9.94. The number of phenolic OH excluding ortho intramolecular Hbond substituents is 1. The highest BCUT2D eigenvalue weighted by atomic mass is 16.6. The fourth-order valence-electron chi connectivity index (χ4n) is 3.69. The second-order valence-corrected chi connectivity index (χ2v) is 10.9. The highest BCUT2D eigenvalue weighted by Gasteiger charge is 2.41. The molecule has 0 bridgehead atoms. The van der Waals surface area contributed by atoms with Crippen LogP contribution in [0, 0.1) is 6.92 Å². The molecule has 3 atom stereocenters. The number of ether oxygens (including phenoxy) is 1. The van der Waals surface area contributed by atoms with Gasteiger partial charge >= 0.3 is 6.09 Å². The lowest BCUT2D eigenvalue weighted by Gasteiger charge is -2.43. The Morgan fingerprint density at radius 1 is 1.06 bits per heavy atom. The molecule has 8 nitrogen and oxygen atoms in total. The van der Waals surface area contributed by atoms with Crippen molar-refractivity contribution in [3.8, 4) is 5.75 Å². The molecule has 1 aromatic rings. The summed E-state index contributed by atoms with van der Waals surface area (Å²) in [4.78, 5) is 41.1. The first-order chi connectivity index (χ1) is 15.5. The van der Waals surface area contributed by atoms with E-state index in [1.54, 1.807) is 46.8 Å². The maximum atomic E-state index is 13.7. The third-order valence-electron chi connectivity index (χ3n) is 5.22. The lowest BCUT2D eigenvalue weighted by molar-refractivity contribution is -0.148. The number of amides is 3. The van der Waals surface area contributed by atoms with Gasteiger partial charge in [0.25, 0.3) is 0 Å². The summed E-state index contributed by atoms with van der Waals surface area (Å²) in [6.45, 7) is 18.0. The van der Waals surface area contributed by atoms with Gasteiger partial charge in [-0.3, -0.25) is 9.59 Å². The van der Waals surface area contributed by atoms with Crippen molar-refractivity contribution in [3.63, 3.8) is 0 Å². The van der Waals surface area contributed by atoms with E-state index in [4.69, 9.17) is 4.74 Å². The van der Waals surface area contributed by atoms with Gasteiger partial charge in [0, 0.05) is 11.6 Å². The number of nitrogens with zero attached hydrogens (tertiary/aromatic N) is 1. The van der Waals surface area contributed by atoms with Crippen molar-refractivity contribution < 1.29 is 24.2 Å². The molecule has 3 unspecified atom stereocenters. The molecular weight excluding hydrogens is 434 g/mol. The van der Waals surface area contributed by atoms with Crippen LogP contribution >= 0.6 is 0 Å². The highest BCUT2D eigenvalue weighted by molar-refractivity contribution is 5.92. The third-order valence-corrected chi connectivity index (χ3v) is 5.22. The summed E-state index contributed by atoms with van der Waals surface area (Å²) < 4.78 is 5.30. The SMILES string of the molecule is CCCC(C)NC(=O)C(c1ccc(O)c(C)c1)N(C(=O)C(C)NC(=O)OC(C)(C)C)C(C)(C)C. The van der Waals surface area contributed by atoms with Gasteiger partial charge in [-0.25, -0.2) is 4.79 Å². The predicted octanol–water partition coefficient (Wildman–Crippen LogP) is 4.59. The van der Waals surface area contributed by atoms with Gasteiger partial charge in [0.05, 0.1) is 0 Å². The van der Waals surface area contributed by atoms with Crippen LogP contribution in [0.3, 0.4) is 0 Å². The van der Waals surface area contributed by atoms with Gasteiger partial charge in [-0.05, 0) is 92.0 Å². The first-order valence-electron chi connectivity index (χ1n) is 11.9. The molecule has 3 N–H and O–H groups in total. The van der Waals surface area contributed by atoms with E-state index in [-0.39, 0.29) is 17.7 Å². The number of hydrogen-bond acceptors (Lipinski definition) is 5. The summed E-state index contributed by atoms with van der Waals surface area (Å²) in [5.41, 5.74) is -0.303. The van der Waals surface area contributed by atoms with E-state index >= 15 is 0 Å². The monoisotopic (exact) mass is 477 g/mol. The average molecular weight is 478 g/mol. The number of phenols is 1.